The van der Waals surface area contributed by atoms with Crippen LogP contribution in [0.2, 0.25) is 0 Å². The van der Waals surface area contributed by atoms with Crippen molar-refractivity contribution in [2.45, 2.75) is 0 Å². The molecule has 0 bridgehead atoms. The van der Waals surface area contributed by atoms with Crippen LogP contribution >= 0.6 is 0 Å². The average molecular weight is 261 g/mol. The molecular weight excluding hydrogens is 252 g/mol. The van der Waals surface area contributed by atoms with E-state index in [0.29, 0.717) is 5.82 Å². The molecule has 0 aliphatic heterocycles. The van der Waals surface area contributed by atoms with Crippen LogP contribution in [-0.4, -0.2) is 29.7 Å². The molecule has 1 N–H and O–H groups in total. The highest BCUT2D eigenvalue weighted by Crippen LogP contribution is 2.21. The number of pyridine rings is 2. The summed E-state index contributed by atoms with van der Waals surface area (Å²) in [7, 11) is 0. The van der Waals surface area contributed by atoms with Gasteiger partial charge >= 0.3 is 0 Å². The van der Waals surface area contributed by atoms with Crippen LogP contribution in [0.3, 0.4) is 0 Å². The summed E-state index contributed by atoms with van der Waals surface area (Å²) in [6, 6.07) is 8.86. The lowest BCUT2D eigenvalue weighted by atomic mass is 10.2. The molecule has 6 heteroatoms. The molecule has 0 saturated carbocycles. The van der Waals surface area contributed by atoms with Gasteiger partial charge in [0.15, 0.2) is 5.82 Å². The van der Waals surface area contributed by atoms with Crippen molar-refractivity contribution in [2.75, 3.05) is 0 Å². The molecule has 0 aromatic carbocycles. The van der Waals surface area contributed by atoms with Crippen LogP contribution in [0.4, 0.5) is 0 Å². The van der Waals surface area contributed by atoms with Crippen molar-refractivity contribution < 1.29 is 0 Å². The van der Waals surface area contributed by atoms with Gasteiger partial charge < -0.3 is 0 Å². The van der Waals surface area contributed by atoms with Gasteiger partial charge in [-0.3, -0.25) is 14.6 Å². The Kier molecular flexibility index (Phi) is 2.32. The van der Waals surface area contributed by atoms with Gasteiger partial charge in [0.2, 0.25) is 0 Å². The van der Waals surface area contributed by atoms with Gasteiger partial charge in [-0.25, -0.2) is 9.97 Å². The molecule has 0 spiro atoms. The van der Waals surface area contributed by atoms with E-state index in [0.717, 1.165) is 22.3 Å². The zero-order valence-electron chi connectivity index (χ0n) is 10.4. The monoisotopic (exact) mass is 261 g/mol. The number of H-pyrrole nitrogens is 1. The molecule has 6 nitrogen and oxygen atoms in total. The first-order valence-electron chi connectivity index (χ1n) is 6.06. The van der Waals surface area contributed by atoms with Crippen molar-refractivity contribution >= 4 is 11.0 Å². The van der Waals surface area contributed by atoms with Crippen molar-refractivity contribution in [3.8, 4) is 17.1 Å². The highest BCUT2D eigenvalue weighted by atomic mass is 15.2. The molecule has 95 valence electrons. The quantitative estimate of drug-likeness (QED) is 0.599. The topological polar surface area (TPSA) is 72.3 Å². The van der Waals surface area contributed by atoms with Crippen molar-refractivity contribution in [1.82, 2.24) is 29.7 Å². The second kappa shape index (κ2) is 4.27. The number of fused-ring (bicyclic) bond motifs is 1. The normalized spacial score (nSPS) is 11.0. The standard InChI is InChI=1S/C14H9N6/c1-2-10-3-5-20(14(10)16-4-1)12-6-11(7-15-8-12)13-17-9-18-19-13/h2-9H,(H,17,18,19). The molecule has 4 heterocycles. The fourth-order valence-electron chi connectivity index (χ4n) is 2.15. The van der Waals surface area contributed by atoms with Crippen molar-refractivity contribution in [2.24, 2.45) is 0 Å². The van der Waals surface area contributed by atoms with E-state index >= 15 is 0 Å². The van der Waals surface area contributed by atoms with Crippen LogP contribution in [-0.2, 0) is 0 Å². The van der Waals surface area contributed by atoms with Gasteiger partial charge in [0.05, 0.1) is 11.9 Å². The Hall–Kier alpha value is -3.02. The molecule has 0 atom stereocenters. The second-order valence-electron chi connectivity index (χ2n) is 4.29. The summed E-state index contributed by atoms with van der Waals surface area (Å²) >= 11 is 0. The number of hydrogen-bond donors (Lipinski definition) is 1. The van der Waals surface area contributed by atoms with E-state index in [9.17, 15) is 0 Å². The van der Waals surface area contributed by atoms with E-state index in [1.807, 2.05) is 29.0 Å². The number of rotatable bonds is 2. The lowest BCUT2D eigenvalue weighted by Crippen LogP contribution is -1.95. The van der Waals surface area contributed by atoms with E-state index in [2.05, 4.69) is 31.2 Å². The predicted molar refractivity (Wildman–Crippen MR) is 73.1 cm³/mol. The van der Waals surface area contributed by atoms with E-state index in [1.54, 1.807) is 24.9 Å². The smallest absolute Gasteiger partial charge is 0.182 e. The molecule has 0 unspecified atom stereocenters. The number of aromatic nitrogens is 6. The van der Waals surface area contributed by atoms with E-state index < -0.39 is 0 Å². The third-order valence-corrected chi connectivity index (χ3v) is 3.06. The molecule has 0 fully saturated rings. The zero-order valence-corrected chi connectivity index (χ0v) is 10.4. The van der Waals surface area contributed by atoms with Gasteiger partial charge in [0.25, 0.3) is 0 Å². The molecule has 0 amide bonds. The van der Waals surface area contributed by atoms with E-state index in [4.69, 9.17) is 0 Å². The van der Waals surface area contributed by atoms with Crippen LogP contribution in [0.15, 0.2) is 49.3 Å². The maximum atomic E-state index is 4.35. The first-order chi connectivity index (χ1) is 9.92. The van der Waals surface area contributed by atoms with Crippen LogP contribution < -0.4 is 0 Å². The lowest BCUT2D eigenvalue weighted by Gasteiger charge is -2.05. The zero-order chi connectivity index (χ0) is 13.4. The minimum Gasteiger partial charge on any atom is -0.300 e. The highest BCUT2D eigenvalue weighted by molar-refractivity contribution is 5.78. The van der Waals surface area contributed by atoms with Crippen LogP contribution in [0.5, 0.6) is 0 Å². The first-order valence-corrected chi connectivity index (χ1v) is 6.06. The third-order valence-electron chi connectivity index (χ3n) is 3.06. The van der Waals surface area contributed by atoms with E-state index in [1.165, 1.54) is 0 Å². The Bertz CT molecular complexity index is 862. The Balaban J connectivity index is 1.88. The minimum absolute atomic E-state index is 0.622. The number of nitrogens with one attached hydrogen (secondary N) is 1. The summed E-state index contributed by atoms with van der Waals surface area (Å²) in [5.74, 6) is 0.622. The molecule has 4 rings (SSSR count). The Morgan fingerprint density at radius 3 is 3.10 bits per heavy atom. The van der Waals surface area contributed by atoms with Crippen LogP contribution in [0.1, 0.15) is 0 Å². The fraction of sp³-hybridized carbons (Fsp3) is 0. The molecule has 0 aliphatic rings. The molecule has 0 saturated heterocycles. The molecule has 0 aliphatic carbocycles. The molecular formula is C14H9N6. The van der Waals surface area contributed by atoms with Gasteiger partial charge in [-0.1, -0.05) is 0 Å². The largest absolute Gasteiger partial charge is 0.300 e. The second-order valence-corrected chi connectivity index (χ2v) is 4.29. The highest BCUT2D eigenvalue weighted by Gasteiger charge is 2.07. The summed E-state index contributed by atoms with van der Waals surface area (Å²) < 4.78 is 1.98. The van der Waals surface area contributed by atoms with Crippen molar-refractivity contribution in [3.05, 3.63) is 55.4 Å². The molecule has 4 aromatic heterocycles. The Labute approximate surface area is 114 Å². The molecule has 1 radical (unpaired) electrons. The summed E-state index contributed by atoms with van der Waals surface area (Å²) in [4.78, 5) is 12.7. The van der Waals surface area contributed by atoms with Gasteiger partial charge in [-0.15, -0.1) is 0 Å². The summed E-state index contributed by atoms with van der Waals surface area (Å²) in [6.07, 6.45) is 8.69. The van der Waals surface area contributed by atoms with Crippen molar-refractivity contribution in [1.29, 1.82) is 0 Å². The van der Waals surface area contributed by atoms with E-state index in [-0.39, 0.29) is 0 Å². The summed E-state index contributed by atoms with van der Waals surface area (Å²) in [5, 5.41) is 7.80. The predicted octanol–water partition coefficient (Wildman–Crippen LogP) is 2.01. The van der Waals surface area contributed by atoms with Gasteiger partial charge in [-0.05, 0) is 18.2 Å². The number of aromatic amines is 1. The van der Waals surface area contributed by atoms with Gasteiger partial charge in [0.1, 0.15) is 12.0 Å². The maximum Gasteiger partial charge on any atom is 0.182 e. The lowest BCUT2D eigenvalue weighted by molar-refractivity contribution is 1.06. The molecule has 20 heavy (non-hydrogen) atoms. The number of hydrogen-bond acceptors (Lipinski definition) is 4. The maximum absolute atomic E-state index is 4.35. The molecule has 4 aromatic rings. The van der Waals surface area contributed by atoms with Crippen molar-refractivity contribution in [3.63, 3.8) is 0 Å². The van der Waals surface area contributed by atoms with Crippen LogP contribution in [0.25, 0.3) is 28.1 Å². The van der Waals surface area contributed by atoms with Gasteiger partial charge in [-0.2, -0.15) is 5.10 Å². The van der Waals surface area contributed by atoms with Crippen LogP contribution in [0, 0.1) is 6.07 Å². The fourth-order valence-corrected chi connectivity index (χ4v) is 2.15. The Morgan fingerprint density at radius 2 is 2.20 bits per heavy atom. The Morgan fingerprint density at radius 1 is 1.20 bits per heavy atom. The summed E-state index contributed by atoms with van der Waals surface area (Å²) in [6.45, 7) is 0. The van der Waals surface area contributed by atoms with Gasteiger partial charge in [0, 0.05) is 35.6 Å². The minimum atomic E-state index is 0.622. The first kappa shape index (κ1) is 10.9. The average Bonchev–Trinajstić information content (AvgIpc) is 3.17. The SMILES string of the molecule is [c]1cnc2c(c1)ccn2-c1cncc(-c2nc[nH]n2)c1. The third kappa shape index (κ3) is 1.66. The summed E-state index contributed by atoms with van der Waals surface area (Å²) in [5.41, 5.74) is 2.65. The number of nitrogens with zero attached hydrogens (tertiary/aromatic N) is 5.